The molecule has 208 valence electrons. The number of carbonyl (C=O) groups excluding carboxylic acids is 2. The molecule has 0 radical (unpaired) electrons. The van der Waals surface area contributed by atoms with Gasteiger partial charge in [0.15, 0.2) is 11.5 Å². The van der Waals surface area contributed by atoms with Gasteiger partial charge in [-0.1, -0.05) is 26.0 Å². The van der Waals surface area contributed by atoms with Gasteiger partial charge in [0.05, 0.1) is 18.6 Å². The zero-order chi connectivity index (χ0) is 27.7. The van der Waals surface area contributed by atoms with Crippen molar-refractivity contribution in [2.45, 2.75) is 46.2 Å². The smallest absolute Gasteiger partial charge is 0.244 e. The van der Waals surface area contributed by atoms with Gasteiger partial charge in [-0.15, -0.1) is 0 Å². The average Bonchev–Trinajstić information content (AvgIpc) is 2.94. The molecule has 2 aromatic carbocycles. The van der Waals surface area contributed by atoms with E-state index < -0.39 is 28.5 Å². The SMILES string of the molecule is CCCNC(=O)C(CC)N(Cc1cccc(OC)c1)C(=O)CN(c1ccc2c(c1)OCCO2)S(=O)(=O)CC. The van der Waals surface area contributed by atoms with Crippen LogP contribution in [-0.2, 0) is 26.2 Å². The lowest BCUT2D eigenvalue weighted by Crippen LogP contribution is -2.52. The van der Waals surface area contributed by atoms with Crippen molar-refractivity contribution in [3.05, 3.63) is 48.0 Å². The summed E-state index contributed by atoms with van der Waals surface area (Å²) in [6.45, 7) is 6.14. The van der Waals surface area contributed by atoms with Crippen molar-refractivity contribution >= 4 is 27.5 Å². The maximum atomic E-state index is 13.9. The molecule has 0 aromatic heterocycles. The Morgan fingerprint density at radius 2 is 1.79 bits per heavy atom. The van der Waals surface area contributed by atoms with E-state index in [2.05, 4.69) is 5.32 Å². The average molecular weight is 548 g/mol. The van der Waals surface area contributed by atoms with E-state index >= 15 is 0 Å². The minimum atomic E-state index is -3.85. The first-order chi connectivity index (χ1) is 18.2. The van der Waals surface area contributed by atoms with Gasteiger partial charge in [0, 0.05) is 19.2 Å². The number of fused-ring (bicyclic) bond motifs is 1. The lowest BCUT2D eigenvalue weighted by Gasteiger charge is -2.33. The van der Waals surface area contributed by atoms with Gasteiger partial charge in [-0.05, 0) is 49.6 Å². The second kappa shape index (κ2) is 13.4. The summed E-state index contributed by atoms with van der Waals surface area (Å²) in [5.41, 5.74) is 1.04. The topological polar surface area (TPSA) is 114 Å². The molecule has 0 spiro atoms. The molecular formula is C27H37N3O7S. The van der Waals surface area contributed by atoms with Crippen LogP contribution in [0.15, 0.2) is 42.5 Å². The van der Waals surface area contributed by atoms with Crippen molar-refractivity contribution in [2.75, 3.05) is 43.5 Å². The van der Waals surface area contributed by atoms with Crippen LogP contribution in [0.5, 0.6) is 17.2 Å². The summed E-state index contributed by atoms with van der Waals surface area (Å²) < 4.78 is 43.9. The molecule has 11 heteroatoms. The molecule has 2 amide bonds. The normalized spacial score (nSPS) is 13.4. The lowest BCUT2D eigenvalue weighted by atomic mass is 10.1. The molecule has 0 saturated heterocycles. The molecule has 2 aromatic rings. The zero-order valence-corrected chi connectivity index (χ0v) is 23.3. The number of benzene rings is 2. The summed E-state index contributed by atoms with van der Waals surface area (Å²) in [6.07, 6.45) is 1.11. The van der Waals surface area contributed by atoms with Gasteiger partial charge in [-0.2, -0.15) is 0 Å². The monoisotopic (exact) mass is 547 g/mol. The van der Waals surface area contributed by atoms with Crippen molar-refractivity contribution < 1.29 is 32.2 Å². The Kier molecular flexibility index (Phi) is 10.2. The van der Waals surface area contributed by atoms with Crippen molar-refractivity contribution in [3.63, 3.8) is 0 Å². The number of anilines is 1. The lowest BCUT2D eigenvalue weighted by molar-refractivity contribution is -0.140. The minimum absolute atomic E-state index is 0.106. The molecule has 0 saturated carbocycles. The Morgan fingerprint density at radius 1 is 1.05 bits per heavy atom. The van der Waals surface area contributed by atoms with Crippen molar-refractivity contribution in [3.8, 4) is 17.2 Å². The van der Waals surface area contributed by atoms with Crippen LogP contribution in [0, 0.1) is 0 Å². The van der Waals surface area contributed by atoms with E-state index in [9.17, 15) is 18.0 Å². The maximum Gasteiger partial charge on any atom is 0.244 e. The Bertz CT molecular complexity index is 1220. The summed E-state index contributed by atoms with van der Waals surface area (Å²) in [5, 5.41) is 2.87. The number of amides is 2. The van der Waals surface area contributed by atoms with E-state index in [4.69, 9.17) is 14.2 Å². The second-order valence-corrected chi connectivity index (χ2v) is 11.0. The second-order valence-electron chi connectivity index (χ2n) is 8.82. The Labute approximate surface area is 224 Å². The summed E-state index contributed by atoms with van der Waals surface area (Å²) >= 11 is 0. The third-order valence-corrected chi connectivity index (χ3v) is 7.96. The fourth-order valence-corrected chi connectivity index (χ4v) is 5.21. The zero-order valence-electron chi connectivity index (χ0n) is 22.4. The van der Waals surface area contributed by atoms with E-state index in [1.165, 1.54) is 11.8 Å². The molecule has 1 aliphatic heterocycles. The number of nitrogens with one attached hydrogen (secondary N) is 1. The Morgan fingerprint density at radius 3 is 2.45 bits per heavy atom. The molecule has 10 nitrogen and oxygen atoms in total. The Hall–Kier alpha value is -3.47. The third-order valence-electron chi connectivity index (χ3n) is 6.22. The van der Waals surface area contributed by atoms with Crippen molar-refractivity contribution in [1.29, 1.82) is 0 Å². The third kappa shape index (κ3) is 7.09. The molecule has 1 atom stereocenters. The molecule has 1 heterocycles. The highest BCUT2D eigenvalue weighted by Gasteiger charge is 2.33. The van der Waals surface area contributed by atoms with Gasteiger partial charge in [0.1, 0.15) is 31.5 Å². The first-order valence-corrected chi connectivity index (χ1v) is 14.4. The van der Waals surface area contributed by atoms with Crippen LogP contribution >= 0.6 is 0 Å². The summed E-state index contributed by atoms with van der Waals surface area (Å²) in [7, 11) is -2.30. The highest BCUT2D eigenvalue weighted by Crippen LogP contribution is 2.35. The molecule has 3 rings (SSSR count). The number of nitrogens with zero attached hydrogens (tertiary/aromatic N) is 2. The van der Waals surface area contributed by atoms with Crippen LogP contribution in [0.2, 0.25) is 0 Å². The van der Waals surface area contributed by atoms with Gasteiger partial charge in [-0.25, -0.2) is 8.42 Å². The summed E-state index contributed by atoms with van der Waals surface area (Å²) in [6, 6.07) is 11.2. The predicted molar refractivity (Wildman–Crippen MR) is 145 cm³/mol. The van der Waals surface area contributed by atoms with Crippen LogP contribution in [-0.4, -0.2) is 70.3 Å². The molecule has 1 N–H and O–H groups in total. The highest BCUT2D eigenvalue weighted by atomic mass is 32.2. The van der Waals surface area contributed by atoms with Gasteiger partial charge >= 0.3 is 0 Å². The number of rotatable bonds is 13. The van der Waals surface area contributed by atoms with Crippen LogP contribution in [0.25, 0.3) is 0 Å². The number of sulfonamides is 1. The first-order valence-electron chi connectivity index (χ1n) is 12.8. The van der Waals surface area contributed by atoms with E-state index in [1.807, 2.05) is 19.9 Å². The Balaban J connectivity index is 1.98. The van der Waals surface area contributed by atoms with Gasteiger partial charge < -0.3 is 24.4 Å². The van der Waals surface area contributed by atoms with Crippen LogP contribution in [0.4, 0.5) is 5.69 Å². The fraction of sp³-hybridized carbons (Fsp3) is 0.481. The molecule has 0 aliphatic carbocycles. The van der Waals surface area contributed by atoms with Crippen molar-refractivity contribution in [2.24, 2.45) is 0 Å². The molecule has 0 fully saturated rings. The number of carbonyl (C=O) groups is 2. The minimum Gasteiger partial charge on any atom is -0.497 e. The quantitative estimate of drug-likeness (QED) is 0.410. The van der Waals surface area contributed by atoms with Gasteiger partial charge in [-0.3, -0.25) is 13.9 Å². The molecule has 38 heavy (non-hydrogen) atoms. The number of ether oxygens (including phenoxy) is 3. The largest absolute Gasteiger partial charge is 0.497 e. The van der Waals surface area contributed by atoms with Gasteiger partial charge in [0.25, 0.3) is 0 Å². The van der Waals surface area contributed by atoms with Crippen molar-refractivity contribution in [1.82, 2.24) is 10.2 Å². The van der Waals surface area contributed by atoms with Gasteiger partial charge in [0.2, 0.25) is 21.8 Å². The standard InChI is InChI=1S/C27H37N3O7S/c1-5-13-28-27(32)23(6-2)29(18-20-9-8-10-22(16-20)35-4)26(31)19-30(38(33,34)7-3)21-11-12-24-25(17-21)37-15-14-36-24/h8-12,16-17,23H,5-7,13-15,18-19H2,1-4H3,(H,28,32). The number of methoxy groups -OCH3 is 1. The van der Waals surface area contributed by atoms with E-state index in [0.29, 0.717) is 43.4 Å². The fourth-order valence-electron chi connectivity index (χ4n) is 4.16. The molecule has 1 unspecified atom stereocenters. The molecule has 0 bridgehead atoms. The molecule has 1 aliphatic rings. The van der Waals surface area contributed by atoms with Crippen LogP contribution in [0.3, 0.4) is 0 Å². The van der Waals surface area contributed by atoms with Crippen LogP contribution in [0.1, 0.15) is 39.2 Å². The summed E-state index contributed by atoms with van der Waals surface area (Å²) in [5.74, 6) is 0.547. The number of hydrogen-bond acceptors (Lipinski definition) is 7. The summed E-state index contributed by atoms with van der Waals surface area (Å²) in [4.78, 5) is 28.4. The maximum absolute atomic E-state index is 13.9. The number of hydrogen-bond donors (Lipinski definition) is 1. The first kappa shape index (κ1) is 29.1. The highest BCUT2D eigenvalue weighted by molar-refractivity contribution is 7.92. The van der Waals surface area contributed by atoms with Crippen LogP contribution < -0.4 is 23.8 Å². The van der Waals surface area contributed by atoms with E-state index in [-0.39, 0.29) is 23.9 Å². The molecular weight excluding hydrogens is 510 g/mol. The predicted octanol–water partition coefficient (Wildman–Crippen LogP) is 2.96. The van der Waals surface area contributed by atoms with E-state index in [1.54, 1.807) is 43.5 Å². The van der Waals surface area contributed by atoms with E-state index in [0.717, 1.165) is 16.3 Å².